The summed E-state index contributed by atoms with van der Waals surface area (Å²) < 4.78 is 12.6. The second-order valence-corrected chi connectivity index (χ2v) is 8.76. The molecule has 9 heteroatoms. The lowest BCUT2D eigenvalue weighted by Gasteiger charge is -2.25. The molecule has 2 aromatic carbocycles. The molecule has 23 heavy (non-hydrogen) atoms. The van der Waals surface area contributed by atoms with Crippen molar-refractivity contribution in [1.82, 2.24) is 0 Å². The van der Waals surface area contributed by atoms with Gasteiger partial charge >= 0.3 is 0 Å². The van der Waals surface area contributed by atoms with Crippen molar-refractivity contribution >= 4 is 53.8 Å². The molecule has 0 aliphatic carbocycles. The summed E-state index contributed by atoms with van der Waals surface area (Å²) in [6, 6.07) is 8.09. The van der Waals surface area contributed by atoms with E-state index in [2.05, 4.69) is 0 Å². The van der Waals surface area contributed by atoms with Gasteiger partial charge in [0.2, 0.25) is 0 Å². The summed E-state index contributed by atoms with van der Waals surface area (Å²) in [5.41, 5.74) is -0.0444. The second-order valence-electron chi connectivity index (χ2n) is 4.75. The molecule has 124 valence electrons. The van der Waals surface area contributed by atoms with Gasteiger partial charge in [0.1, 0.15) is 0 Å². The van der Waals surface area contributed by atoms with Gasteiger partial charge in [-0.15, -0.1) is 0 Å². The molecule has 2 unspecified atom stereocenters. The first-order valence-electron chi connectivity index (χ1n) is 6.22. The summed E-state index contributed by atoms with van der Waals surface area (Å²) in [4.78, 5) is 10.2. The molecular formula is C14H11Cl4O4P. The van der Waals surface area contributed by atoms with Crippen LogP contribution in [-0.4, -0.2) is 15.1 Å². The molecule has 0 saturated heterocycles. The standard InChI is InChI=1S/C14H11Cl4O4P/c15-7-1-3-9(11(17)5-7)13(19)23(21,22)14(20)10-4-2-8(16)6-12(10)18/h1-6,13-14,19-20H,(H,21,22). The van der Waals surface area contributed by atoms with Gasteiger partial charge in [0.15, 0.2) is 11.7 Å². The SMILES string of the molecule is O=P(O)(C(O)c1ccc(Cl)cc1Cl)C(O)c1ccc(Cl)cc1Cl. The smallest absolute Gasteiger partial charge is 0.264 e. The summed E-state index contributed by atoms with van der Waals surface area (Å²) in [6.07, 6.45) is 0. The van der Waals surface area contributed by atoms with Gasteiger partial charge in [-0.05, 0) is 24.3 Å². The molecule has 3 N–H and O–H groups in total. The van der Waals surface area contributed by atoms with E-state index >= 15 is 0 Å². The van der Waals surface area contributed by atoms with Crippen LogP contribution in [0.25, 0.3) is 0 Å². The highest BCUT2D eigenvalue weighted by atomic mass is 35.5. The zero-order valence-electron chi connectivity index (χ0n) is 11.3. The van der Waals surface area contributed by atoms with Crippen LogP contribution in [0.5, 0.6) is 0 Å². The zero-order valence-corrected chi connectivity index (χ0v) is 15.2. The largest absolute Gasteiger partial charge is 0.378 e. The number of halogens is 4. The molecule has 0 fully saturated rings. The fourth-order valence-electron chi connectivity index (χ4n) is 1.95. The Morgan fingerprint density at radius 1 is 0.783 bits per heavy atom. The summed E-state index contributed by atoms with van der Waals surface area (Å²) in [6.45, 7) is 0. The van der Waals surface area contributed by atoms with Crippen molar-refractivity contribution in [1.29, 1.82) is 0 Å². The molecule has 2 atom stereocenters. The minimum absolute atomic E-state index is 0.00804. The molecule has 0 bridgehead atoms. The Balaban J connectivity index is 2.41. The Bertz CT molecular complexity index is 722. The van der Waals surface area contributed by atoms with Gasteiger partial charge in [-0.2, -0.15) is 0 Å². The van der Waals surface area contributed by atoms with Crippen LogP contribution in [0.1, 0.15) is 22.8 Å². The number of aliphatic hydroxyl groups excluding tert-OH is 2. The Morgan fingerprint density at radius 2 is 1.13 bits per heavy atom. The number of hydrogen-bond donors (Lipinski definition) is 3. The third-order valence-corrected chi connectivity index (χ3v) is 6.27. The average Bonchev–Trinajstić information content (AvgIpc) is 2.46. The van der Waals surface area contributed by atoms with Crippen LogP contribution in [0.2, 0.25) is 20.1 Å². The predicted molar refractivity (Wildman–Crippen MR) is 92.7 cm³/mol. The van der Waals surface area contributed by atoms with Crippen LogP contribution < -0.4 is 0 Å². The van der Waals surface area contributed by atoms with Crippen molar-refractivity contribution in [3.8, 4) is 0 Å². The molecule has 0 aliphatic rings. The average molecular weight is 416 g/mol. The van der Waals surface area contributed by atoms with Crippen LogP contribution in [0.4, 0.5) is 0 Å². The summed E-state index contributed by atoms with van der Waals surface area (Å²) in [7, 11) is -4.55. The third kappa shape index (κ3) is 4.04. The highest BCUT2D eigenvalue weighted by molar-refractivity contribution is 7.58. The summed E-state index contributed by atoms with van der Waals surface area (Å²) in [5.74, 6) is -3.82. The van der Waals surface area contributed by atoms with Crippen molar-refractivity contribution in [2.24, 2.45) is 0 Å². The van der Waals surface area contributed by atoms with Gasteiger partial charge in [0.25, 0.3) is 7.37 Å². The van der Waals surface area contributed by atoms with Gasteiger partial charge in [-0.1, -0.05) is 58.5 Å². The van der Waals surface area contributed by atoms with Gasteiger partial charge in [-0.3, -0.25) is 4.57 Å². The molecule has 0 aliphatic heterocycles. The van der Waals surface area contributed by atoms with E-state index in [-0.39, 0.29) is 21.2 Å². The van der Waals surface area contributed by atoms with Crippen molar-refractivity contribution < 1.29 is 19.7 Å². The highest BCUT2D eigenvalue weighted by Gasteiger charge is 2.41. The fraction of sp³-hybridized carbons (Fsp3) is 0.143. The van der Waals surface area contributed by atoms with E-state index in [1.165, 1.54) is 36.4 Å². The molecule has 2 aromatic rings. The molecule has 4 nitrogen and oxygen atoms in total. The van der Waals surface area contributed by atoms with Crippen LogP contribution >= 0.6 is 53.8 Å². The van der Waals surface area contributed by atoms with Crippen molar-refractivity contribution in [2.45, 2.75) is 11.7 Å². The van der Waals surface area contributed by atoms with Crippen LogP contribution in [0.15, 0.2) is 36.4 Å². The van der Waals surface area contributed by atoms with E-state index in [1.54, 1.807) is 0 Å². The lowest BCUT2D eigenvalue weighted by Crippen LogP contribution is -2.08. The van der Waals surface area contributed by atoms with E-state index in [0.717, 1.165) is 0 Å². The summed E-state index contributed by atoms with van der Waals surface area (Å²) in [5, 5.41) is 21.1. The maximum absolute atomic E-state index is 12.6. The normalized spacial score (nSPS) is 16.7. The van der Waals surface area contributed by atoms with Crippen molar-refractivity contribution in [2.75, 3.05) is 0 Å². The van der Waals surface area contributed by atoms with Crippen LogP contribution in [-0.2, 0) is 4.57 Å². The van der Waals surface area contributed by atoms with Crippen LogP contribution in [0.3, 0.4) is 0 Å². The topological polar surface area (TPSA) is 77.8 Å². The zero-order chi connectivity index (χ0) is 17.4. The van der Waals surface area contributed by atoms with E-state index in [1.807, 2.05) is 0 Å². The van der Waals surface area contributed by atoms with E-state index in [0.29, 0.717) is 10.0 Å². The number of hydrogen-bond acceptors (Lipinski definition) is 3. The molecule has 0 heterocycles. The first-order valence-corrected chi connectivity index (χ1v) is 9.53. The van der Waals surface area contributed by atoms with Gasteiger partial charge in [0.05, 0.1) is 0 Å². The highest BCUT2D eigenvalue weighted by Crippen LogP contribution is 2.64. The van der Waals surface area contributed by atoms with E-state index < -0.39 is 19.1 Å². The lowest BCUT2D eigenvalue weighted by atomic mass is 10.2. The minimum atomic E-state index is -4.55. The van der Waals surface area contributed by atoms with Crippen LogP contribution in [0, 0.1) is 0 Å². The minimum Gasteiger partial charge on any atom is -0.378 e. The Kier molecular flexibility index (Phi) is 6.04. The van der Waals surface area contributed by atoms with Gasteiger partial charge < -0.3 is 15.1 Å². The first-order chi connectivity index (χ1) is 10.6. The first kappa shape index (κ1) is 19.0. The number of rotatable bonds is 4. The summed E-state index contributed by atoms with van der Waals surface area (Å²) >= 11 is 23.4. The molecule has 2 rings (SSSR count). The quantitative estimate of drug-likeness (QED) is 0.595. The van der Waals surface area contributed by atoms with Crippen molar-refractivity contribution in [3.05, 3.63) is 67.6 Å². The monoisotopic (exact) mass is 414 g/mol. The maximum atomic E-state index is 12.6. The molecule has 0 amide bonds. The molecule has 0 aromatic heterocycles. The molecule has 0 saturated carbocycles. The maximum Gasteiger partial charge on any atom is 0.264 e. The Morgan fingerprint density at radius 3 is 1.43 bits per heavy atom. The van der Waals surface area contributed by atoms with Gasteiger partial charge in [-0.25, -0.2) is 0 Å². The fourth-order valence-corrected chi connectivity index (χ4v) is 4.64. The van der Waals surface area contributed by atoms with E-state index in [4.69, 9.17) is 46.4 Å². The molecule has 0 spiro atoms. The molecule has 0 radical (unpaired) electrons. The number of benzene rings is 2. The van der Waals surface area contributed by atoms with E-state index in [9.17, 15) is 19.7 Å². The number of aliphatic hydroxyl groups is 2. The Hall–Kier alpha value is -0.290. The van der Waals surface area contributed by atoms with Gasteiger partial charge in [0, 0.05) is 31.2 Å². The lowest BCUT2D eigenvalue weighted by molar-refractivity contribution is 0.186. The second kappa shape index (κ2) is 7.30. The van der Waals surface area contributed by atoms with Crippen molar-refractivity contribution in [3.63, 3.8) is 0 Å². The predicted octanol–water partition coefficient (Wildman–Crippen LogP) is 5.25. The Labute approximate surface area is 152 Å². The molecular weight excluding hydrogens is 405 g/mol. The third-order valence-electron chi connectivity index (χ3n) is 3.18.